The van der Waals surface area contributed by atoms with Crippen molar-refractivity contribution in [3.8, 4) is 22.8 Å². The van der Waals surface area contributed by atoms with E-state index in [9.17, 15) is 9.90 Å². The molecular weight excluding hydrogens is 406 g/mol. The second-order valence-electron chi connectivity index (χ2n) is 7.48. The molecule has 2 heterocycles. The van der Waals surface area contributed by atoms with Gasteiger partial charge in [0.1, 0.15) is 5.69 Å². The van der Waals surface area contributed by atoms with Crippen LogP contribution in [0.2, 0.25) is 0 Å². The quantitative estimate of drug-likeness (QED) is 0.457. The summed E-state index contributed by atoms with van der Waals surface area (Å²) < 4.78 is 5.03. The molecule has 0 bridgehead atoms. The molecule has 0 saturated carbocycles. The van der Waals surface area contributed by atoms with Gasteiger partial charge in [-0.1, -0.05) is 30.3 Å². The van der Waals surface area contributed by atoms with Gasteiger partial charge in [0.25, 0.3) is 5.91 Å². The number of piperidine rings is 1. The molecule has 32 heavy (non-hydrogen) atoms. The Bertz CT molecular complexity index is 1110. The monoisotopic (exact) mass is 431 g/mol. The van der Waals surface area contributed by atoms with E-state index in [0.29, 0.717) is 23.0 Å². The number of nitrogens with one attached hydrogen (secondary N) is 1. The Hall–Kier alpha value is -3.94. The minimum atomic E-state index is -0.433. The number of anilines is 1. The molecule has 3 aromatic rings. The molecule has 164 valence electrons. The number of hydrogen-bond donors (Lipinski definition) is 2. The SMILES string of the molecule is COc1ccc(/C=N/NC(=O)c2cc(-c3ccccc3)nc(N3CCCCC3)n2)cc1O. The zero-order chi connectivity index (χ0) is 22.3. The van der Waals surface area contributed by atoms with Crippen molar-refractivity contribution >= 4 is 18.1 Å². The van der Waals surface area contributed by atoms with Gasteiger partial charge in [0.15, 0.2) is 11.5 Å². The van der Waals surface area contributed by atoms with Gasteiger partial charge in [-0.3, -0.25) is 4.79 Å². The fraction of sp³-hybridized carbons (Fsp3) is 0.250. The second kappa shape index (κ2) is 9.91. The third kappa shape index (κ3) is 5.03. The molecule has 1 aromatic heterocycles. The number of carbonyl (C=O) groups excluding carboxylic acids is 1. The number of aromatic hydroxyl groups is 1. The number of hydrogen-bond acceptors (Lipinski definition) is 7. The minimum Gasteiger partial charge on any atom is -0.504 e. The smallest absolute Gasteiger partial charge is 0.290 e. The van der Waals surface area contributed by atoms with Crippen molar-refractivity contribution < 1.29 is 14.6 Å². The topological polar surface area (TPSA) is 99.9 Å². The molecule has 2 aromatic carbocycles. The van der Waals surface area contributed by atoms with E-state index in [1.807, 2.05) is 30.3 Å². The summed E-state index contributed by atoms with van der Waals surface area (Å²) in [5, 5.41) is 13.9. The molecule has 1 aliphatic rings. The third-order valence-corrected chi connectivity index (χ3v) is 5.24. The predicted octanol–water partition coefficient (Wildman–Crippen LogP) is 3.61. The predicted molar refractivity (Wildman–Crippen MR) is 123 cm³/mol. The van der Waals surface area contributed by atoms with Gasteiger partial charge in [-0.05, 0) is 49.1 Å². The highest BCUT2D eigenvalue weighted by Crippen LogP contribution is 2.25. The van der Waals surface area contributed by atoms with E-state index in [0.717, 1.165) is 31.5 Å². The molecule has 0 aliphatic carbocycles. The van der Waals surface area contributed by atoms with E-state index in [1.54, 1.807) is 18.2 Å². The Balaban J connectivity index is 1.57. The Labute approximate surface area is 186 Å². The van der Waals surface area contributed by atoms with Crippen molar-refractivity contribution in [1.82, 2.24) is 15.4 Å². The zero-order valence-electron chi connectivity index (χ0n) is 17.9. The minimum absolute atomic E-state index is 0.00254. The fourth-order valence-electron chi connectivity index (χ4n) is 3.55. The first-order valence-electron chi connectivity index (χ1n) is 10.5. The standard InChI is InChI=1S/C24H25N5O3/c1-32-22-11-10-17(14-21(22)30)16-25-28-23(31)20-15-19(18-8-4-2-5-9-18)26-24(27-20)29-12-6-3-7-13-29/h2,4-5,8-11,14-16,30H,3,6-7,12-13H2,1H3,(H,28,31)/b25-16+. The summed E-state index contributed by atoms with van der Waals surface area (Å²) in [7, 11) is 1.48. The van der Waals surface area contributed by atoms with E-state index in [4.69, 9.17) is 9.72 Å². The van der Waals surface area contributed by atoms with Gasteiger partial charge < -0.3 is 14.7 Å². The number of aromatic nitrogens is 2. The maximum Gasteiger partial charge on any atom is 0.290 e. The summed E-state index contributed by atoms with van der Waals surface area (Å²) in [6.07, 6.45) is 4.80. The molecule has 1 aliphatic heterocycles. The van der Waals surface area contributed by atoms with E-state index >= 15 is 0 Å². The van der Waals surface area contributed by atoms with E-state index in [2.05, 4.69) is 20.4 Å². The van der Waals surface area contributed by atoms with Crippen molar-refractivity contribution in [3.63, 3.8) is 0 Å². The molecular formula is C24H25N5O3. The van der Waals surface area contributed by atoms with Crippen LogP contribution < -0.4 is 15.1 Å². The largest absolute Gasteiger partial charge is 0.504 e. The maximum absolute atomic E-state index is 12.8. The van der Waals surface area contributed by atoms with Crippen LogP contribution in [0.5, 0.6) is 11.5 Å². The maximum atomic E-state index is 12.8. The first kappa shape index (κ1) is 21.3. The average molecular weight is 431 g/mol. The summed E-state index contributed by atoms with van der Waals surface area (Å²) in [6.45, 7) is 1.75. The normalized spacial score (nSPS) is 13.8. The molecule has 8 nitrogen and oxygen atoms in total. The molecule has 0 spiro atoms. The van der Waals surface area contributed by atoms with E-state index < -0.39 is 5.91 Å². The van der Waals surface area contributed by atoms with Crippen LogP contribution in [0.1, 0.15) is 35.3 Å². The summed E-state index contributed by atoms with van der Waals surface area (Å²) in [6, 6.07) is 16.2. The summed E-state index contributed by atoms with van der Waals surface area (Å²) >= 11 is 0. The highest BCUT2D eigenvalue weighted by Gasteiger charge is 2.18. The highest BCUT2D eigenvalue weighted by atomic mass is 16.5. The Kier molecular flexibility index (Phi) is 6.60. The molecule has 1 amide bonds. The lowest BCUT2D eigenvalue weighted by atomic mass is 10.1. The number of rotatable bonds is 6. The van der Waals surface area contributed by atoms with Crippen molar-refractivity contribution in [3.05, 3.63) is 65.9 Å². The molecule has 0 unspecified atom stereocenters. The van der Waals surface area contributed by atoms with Crippen molar-refractivity contribution in [2.45, 2.75) is 19.3 Å². The second-order valence-corrected chi connectivity index (χ2v) is 7.48. The van der Waals surface area contributed by atoms with Gasteiger partial charge >= 0.3 is 0 Å². The molecule has 0 atom stereocenters. The van der Waals surface area contributed by atoms with Crippen molar-refractivity contribution in [1.29, 1.82) is 0 Å². The number of amides is 1. The lowest BCUT2D eigenvalue weighted by molar-refractivity contribution is 0.0950. The number of carbonyl (C=O) groups is 1. The number of nitrogens with zero attached hydrogens (tertiary/aromatic N) is 4. The fourth-order valence-corrected chi connectivity index (χ4v) is 3.55. The number of methoxy groups -OCH3 is 1. The zero-order valence-corrected chi connectivity index (χ0v) is 17.9. The Morgan fingerprint density at radius 3 is 2.59 bits per heavy atom. The summed E-state index contributed by atoms with van der Waals surface area (Å²) in [5.41, 5.74) is 4.98. The molecule has 4 rings (SSSR count). The lowest BCUT2D eigenvalue weighted by Gasteiger charge is -2.27. The number of phenolic OH excluding ortho intramolecular Hbond substituents is 1. The van der Waals surface area contributed by atoms with Crippen LogP contribution >= 0.6 is 0 Å². The first-order valence-corrected chi connectivity index (χ1v) is 10.5. The highest BCUT2D eigenvalue weighted by molar-refractivity contribution is 5.94. The molecule has 1 fully saturated rings. The summed E-state index contributed by atoms with van der Waals surface area (Å²) in [4.78, 5) is 24.2. The summed E-state index contributed by atoms with van der Waals surface area (Å²) in [5.74, 6) is 0.486. The van der Waals surface area contributed by atoms with Crippen LogP contribution in [-0.4, -0.2) is 47.4 Å². The Morgan fingerprint density at radius 1 is 1.09 bits per heavy atom. The van der Waals surface area contributed by atoms with Gasteiger partial charge in [0.05, 0.1) is 19.0 Å². The lowest BCUT2D eigenvalue weighted by Crippen LogP contribution is -2.32. The first-order chi connectivity index (χ1) is 15.6. The van der Waals surface area contributed by atoms with Crippen LogP contribution in [0.15, 0.2) is 59.7 Å². The van der Waals surface area contributed by atoms with Crippen molar-refractivity contribution in [2.24, 2.45) is 5.10 Å². The number of phenols is 1. The van der Waals surface area contributed by atoms with Crippen molar-refractivity contribution in [2.75, 3.05) is 25.1 Å². The van der Waals surface area contributed by atoms with Gasteiger partial charge in [-0.2, -0.15) is 5.10 Å². The molecule has 2 N–H and O–H groups in total. The van der Waals surface area contributed by atoms with Gasteiger partial charge in [-0.25, -0.2) is 15.4 Å². The number of benzene rings is 2. The number of ether oxygens (including phenoxy) is 1. The van der Waals surface area contributed by atoms with E-state index in [1.165, 1.54) is 25.8 Å². The third-order valence-electron chi connectivity index (χ3n) is 5.24. The van der Waals surface area contributed by atoms with Crippen LogP contribution in [0.4, 0.5) is 5.95 Å². The van der Waals surface area contributed by atoms with Gasteiger partial charge in [-0.15, -0.1) is 0 Å². The van der Waals surface area contributed by atoms with Gasteiger partial charge in [0.2, 0.25) is 5.95 Å². The van der Waals surface area contributed by atoms with Crippen LogP contribution in [0.25, 0.3) is 11.3 Å². The van der Waals surface area contributed by atoms with Crippen LogP contribution in [-0.2, 0) is 0 Å². The van der Waals surface area contributed by atoms with Gasteiger partial charge in [0, 0.05) is 18.7 Å². The van der Waals surface area contributed by atoms with Crippen LogP contribution in [0, 0.1) is 0 Å². The number of hydrazone groups is 1. The van der Waals surface area contributed by atoms with E-state index in [-0.39, 0.29) is 11.4 Å². The molecule has 1 saturated heterocycles. The molecule has 0 radical (unpaired) electrons. The van der Waals surface area contributed by atoms with Crippen LogP contribution in [0.3, 0.4) is 0 Å². The Morgan fingerprint density at radius 2 is 1.88 bits per heavy atom. The molecule has 8 heteroatoms. The average Bonchev–Trinajstić information content (AvgIpc) is 2.85.